The van der Waals surface area contributed by atoms with Gasteiger partial charge in [0.25, 0.3) is 17.2 Å². The SMILES string of the molecule is Cl.Cl.O=C(ON1CCN(C2CCNCC2)CC1)C1(OC2CCNCC2)C(=O)C1=O. The molecule has 4 aliphatic rings. The average Bonchev–Trinajstić information content (AvgIpc) is 3.24. The molecule has 29 heavy (non-hydrogen) atoms. The maximum atomic E-state index is 12.6. The molecule has 11 heteroatoms. The van der Waals surface area contributed by atoms with E-state index in [-0.39, 0.29) is 30.9 Å². The summed E-state index contributed by atoms with van der Waals surface area (Å²) in [6.45, 7) is 6.34. The molecule has 0 unspecified atom stereocenters. The van der Waals surface area contributed by atoms with Crippen LogP contribution in [-0.4, -0.2) is 97.6 Å². The highest BCUT2D eigenvalue weighted by molar-refractivity contribution is 6.72. The predicted molar refractivity (Wildman–Crippen MR) is 109 cm³/mol. The van der Waals surface area contributed by atoms with Gasteiger partial charge in [0.15, 0.2) is 0 Å². The largest absolute Gasteiger partial charge is 0.374 e. The molecule has 2 N–H and O–H groups in total. The number of halogens is 2. The third-order valence-electron chi connectivity index (χ3n) is 6.01. The summed E-state index contributed by atoms with van der Waals surface area (Å²) in [7, 11) is 0. The Morgan fingerprint density at radius 3 is 1.90 bits per heavy atom. The van der Waals surface area contributed by atoms with Crippen LogP contribution in [0.1, 0.15) is 25.7 Å². The molecule has 9 nitrogen and oxygen atoms in total. The van der Waals surface area contributed by atoms with Crippen molar-refractivity contribution < 1.29 is 24.0 Å². The van der Waals surface area contributed by atoms with Crippen LogP contribution in [-0.2, 0) is 24.0 Å². The van der Waals surface area contributed by atoms with E-state index >= 15 is 0 Å². The first kappa shape index (κ1) is 24.5. The first-order valence-electron chi connectivity index (χ1n) is 10.0. The highest BCUT2D eigenvalue weighted by Gasteiger charge is 2.75. The Morgan fingerprint density at radius 2 is 1.38 bits per heavy atom. The zero-order chi connectivity index (χ0) is 18.9. The molecule has 0 bridgehead atoms. The lowest BCUT2D eigenvalue weighted by Gasteiger charge is -2.40. The summed E-state index contributed by atoms with van der Waals surface area (Å²) in [4.78, 5) is 44.3. The number of carbonyl (C=O) groups is 3. The molecule has 0 spiro atoms. The number of piperazine rings is 1. The van der Waals surface area contributed by atoms with E-state index in [1.54, 1.807) is 5.06 Å². The van der Waals surface area contributed by atoms with Crippen molar-refractivity contribution in [2.75, 3.05) is 52.4 Å². The fraction of sp³-hybridized carbons (Fsp3) is 0.833. The second-order valence-corrected chi connectivity index (χ2v) is 7.73. The van der Waals surface area contributed by atoms with Crippen molar-refractivity contribution in [3.63, 3.8) is 0 Å². The molecule has 0 aromatic rings. The van der Waals surface area contributed by atoms with Crippen LogP contribution in [0.5, 0.6) is 0 Å². The normalized spacial score (nSPS) is 26.3. The van der Waals surface area contributed by atoms with Crippen LogP contribution >= 0.6 is 24.8 Å². The van der Waals surface area contributed by atoms with Gasteiger partial charge in [-0.1, -0.05) is 0 Å². The summed E-state index contributed by atoms with van der Waals surface area (Å²) in [5, 5.41) is 8.11. The van der Waals surface area contributed by atoms with Crippen LogP contribution in [0.4, 0.5) is 0 Å². The van der Waals surface area contributed by atoms with Crippen molar-refractivity contribution in [2.45, 2.75) is 43.4 Å². The van der Waals surface area contributed by atoms with E-state index in [9.17, 15) is 14.4 Å². The Hall–Kier alpha value is -0.810. The minimum atomic E-state index is -2.01. The standard InChI is InChI=1S/C18H28N4O5.2ClH/c23-15-16(24)18(15,26-14-3-7-20-8-4-14)17(25)27-22-11-9-21(10-12-22)13-1-5-19-6-2-13;;/h13-14,19-20H,1-12H2;2*1H. The van der Waals surface area contributed by atoms with Gasteiger partial charge in [0, 0.05) is 32.2 Å². The van der Waals surface area contributed by atoms with E-state index in [1.807, 2.05) is 0 Å². The van der Waals surface area contributed by atoms with Crippen LogP contribution in [0.15, 0.2) is 0 Å². The monoisotopic (exact) mass is 452 g/mol. The van der Waals surface area contributed by atoms with Crippen LogP contribution < -0.4 is 10.6 Å². The van der Waals surface area contributed by atoms with Crippen LogP contribution in [0.2, 0.25) is 0 Å². The summed E-state index contributed by atoms with van der Waals surface area (Å²) in [6, 6.07) is 0.574. The van der Waals surface area contributed by atoms with E-state index in [0.717, 1.165) is 52.1 Å². The van der Waals surface area contributed by atoms with E-state index in [4.69, 9.17) is 9.57 Å². The number of Topliss-reactive ketones (excluding diaryl/α,β-unsaturated/α-hetero) is 2. The molecule has 3 aliphatic heterocycles. The van der Waals surface area contributed by atoms with Crippen molar-refractivity contribution in [1.82, 2.24) is 20.6 Å². The van der Waals surface area contributed by atoms with Crippen molar-refractivity contribution in [1.29, 1.82) is 0 Å². The van der Waals surface area contributed by atoms with Crippen molar-refractivity contribution in [3.05, 3.63) is 0 Å². The maximum absolute atomic E-state index is 12.6. The number of rotatable bonds is 5. The minimum Gasteiger partial charge on any atom is -0.365 e. The Labute approximate surface area is 183 Å². The Kier molecular flexibility index (Phi) is 8.84. The number of carbonyl (C=O) groups excluding carboxylic acids is 3. The summed E-state index contributed by atoms with van der Waals surface area (Å²) >= 11 is 0. The molecule has 3 saturated heterocycles. The van der Waals surface area contributed by atoms with Gasteiger partial charge in [-0.25, -0.2) is 4.79 Å². The van der Waals surface area contributed by atoms with Crippen LogP contribution in [0, 0.1) is 0 Å². The average molecular weight is 453 g/mol. The third-order valence-corrected chi connectivity index (χ3v) is 6.01. The third kappa shape index (κ3) is 5.10. The van der Waals surface area contributed by atoms with Gasteiger partial charge < -0.3 is 20.2 Å². The zero-order valence-corrected chi connectivity index (χ0v) is 18.0. The molecular formula is C18H30Cl2N4O5. The molecule has 3 heterocycles. The highest BCUT2D eigenvalue weighted by Crippen LogP contribution is 2.35. The lowest BCUT2D eigenvalue weighted by atomic mass is 10.0. The molecular weight excluding hydrogens is 423 g/mol. The number of ketones is 2. The number of nitrogens with zero attached hydrogens (tertiary/aromatic N) is 2. The summed E-state index contributed by atoms with van der Waals surface area (Å²) < 4.78 is 5.68. The molecule has 1 aliphatic carbocycles. The van der Waals surface area contributed by atoms with Gasteiger partial charge in [0.05, 0.1) is 6.10 Å². The van der Waals surface area contributed by atoms with Gasteiger partial charge >= 0.3 is 5.97 Å². The molecule has 4 rings (SSSR count). The second-order valence-electron chi connectivity index (χ2n) is 7.73. The molecule has 4 fully saturated rings. The van der Waals surface area contributed by atoms with Crippen molar-refractivity contribution >= 4 is 42.3 Å². The van der Waals surface area contributed by atoms with Crippen LogP contribution in [0.3, 0.4) is 0 Å². The van der Waals surface area contributed by atoms with Crippen molar-refractivity contribution in [3.8, 4) is 0 Å². The molecule has 0 atom stereocenters. The van der Waals surface area contributed by atoms with E-state index in [2.05, 4.69) is 15.5 Å². The highest BCUT2D eigenvalue weighted by atomic mass is 35.5. The Balaban J connectivity index is 0.00000150. The number of hydroxylamine groups is 2. The van der Waals surface area contributed by atoms with E-state index in [1.165, 1.54) is 0 Å². The fourth-order valence-electron chi connectivity index (χ4n) is 4.24. The Bertz CT molecular complexity index is 589. The molecule has 0 amide bonds. The minimum absolute atomic E-state index is 0. The number of nitrogens with one attached hydrogen (secondary N) is 2. The topological polar surface area (TPSA) is 100 Å². The second kappa shape index (κ2) is 10.5. The first-order chi connectivity index (χ1) is 13.1. The van der Waals surface area contributed by atoms with Crippen molar-refractivity contribution in [2.24, 2.45) is 0 Å². The summed E-state index contributed by atoms with van der Waals surface area (Å²) in [5.74, 6) is -2.43. The summed E-state index contributed by atoms with van der Waals surface area (Å²) in [6.07, 6.45) is 3.34. The van der Waals surface area contributed by atoms with Gasteiger partial charge in [0.1, 0.15) is 0 Å². The first-order valence-corrected chi connectivity index (χ1v) is 10.0. The van der Waals surface area contributed by atoms with E-state index < -0.39 is 23.1 Å². The predicted octanol–water partition coefficient (Wildman–Crippen LogP) is -0.683. The number of hydrogen-bond donors (Lipinski definition) is 2. The number of ether oxygens (including phenoxy) is 1. The molecule has 0 aromatic heterocycles. The molecule has 166 valence electrons. The van der Waals surface area contributed by atoms with Gasteiger partial charge in [0.2, 0.25) is 0 Å². The van der Waals surface area contributed by atoms with E-state index in [0.29, 0.717) is 32.0 Å². The molecule has 1 saturated carbocycles. The Morgan fingerprint density at radius 1 is 0.862 bits per heavy atom. The fourth-order valence-corrected chi connectivity index (χ4v) is 4.24. The number of hydrogen-bond acceptors (Lipinski definition) is 9. The molecule has 0 aromatic carbocycles. The number of piperidine rings is 2. The van der Waals surface area contributed by atoms with Gasteiger partial charge in [-0.3, -0.25) is 14.5 Å². The summed E-state index contributed by atoms with van der Waals surface area (Å²) in [5.41, 5.74) is -2.01. The smallest absolute Gasteiger partial charge is 0.365 e. The van der Waals surface area contributed by atoms with Gasteiger partial charge in [-0.15, -0.1) is 29.9 Å². The lowest BCUT2D eigenvalue weighted by molar-refractivity contribution is -0.215. The van der Waals surface area contributed by atoms with Gasteiger partial charge in [-0.2, -0.15) is 0 Å². The molecule has 0 radical (unpaired) electrons. The quantitative estimate of drug-likeness (QED) is 0.414. The van der Waals surface area contributed by atoms with Gasteiger partial charge in [-0.05, 0) is 51.9 Å². The lowest BCUT2D eigenvalue weighted by Crippen LogP contribution is -2.54. The zero-order valence-electron chi connectivity index (χ0n) is 16.4. The van der Waals surface area contributed by atoms with Crippen LogP contribution in [0.25, 0.3) is 0 Å². The maximum Gasteiger partial charge on any atom is 0.374 e.